The number of nitrogen functional groups attached to an aromatic ring is 1. The Morgan fingerprint density at radius 3 is 2.54 bits per heavy atom. The van der Waals surface area contributed by atoms with Gasteiger partial charge in [0, 0.05) is 19.0 Å². The van der Waals surface area contributed by atoms with Gasteiger partial charge in [0.15, 0.2) is 17.3 Å². The highest BCUT2D eigenvalue weighted by molar-refractivity contribution is 6.06. The first kappa shape index (κ1) is 31.6. The summed E-state index contributed by atoms with van der Waals surface area (Å²) in [5.41, 5.74) is 10.7. The number of aromatic nitrogens is 1. The number of Topliss-reactive ketones (excluding diaryl/α,β-unsaturated/α-hetero) is 1. The lowest BCUT2D eigenvalue weighted by atomic mass is 9.96. The van der Waals surface area contributed by atoms with E-state index < -0.39 is 0 Å². The van der Waals surface area contributed by atoms with Gasteiger partial charge in [-0.05, 0) is 90.9 Å². The number of rotatable bonds is 17. The van der Waals surface area contributed by atoms with Gasteiger partial charge in [-0.3, -0.25) is 9.59 Å². The van der Waals surface area contributed by atoms with E-state index in [2.05, 4.69) is 17.2 Å². The zero-order chi connectivity index (χ0) is 29.6. The normalized spacial score (nSPS) is 12.0. The standard InChI is InChI=1S/C34H43N3O4/c1-24(22-36-2)10-6-4-9-13-30(38)21-31(39)15-14-27-20-33(41-3)32(40)19-28(27)17-26-18-29(34(35)37-23-26)16-25-11-7-5-8-12-25/h5,7-8,11-12,14-15,18-20,23-24,36,40H,4,6,9-10,13,16-17,21-22H2,1-3H3,(H2,35,37). The zero-order valence-electron chi connectivity index (χ0n) is 24.5. The van der Waals surface area contributed by atoms with E-state index in [0.717, 1.165) is 60.0 Å². The summed E-state index contributed by atoms with van der Waals surface area (Å²) in [6.07, 6.45) is 10.3. The number of ketones is 2. The Morgan fingerprint density at radius 1 is 1.05 bits per heavy atom. The Kier molecular flexibility index (Phi) is 12.6. The highest BCUT2D eigenvalue weighted by Gasteiger charge is 2.13. The number of nitrogens with one attached hydrogen (secondary N) is 1. The van der Waals surface area contributed by atoms with E-state index in [0.29, 0.717) is 36.7 Å². The van der Waals surface area contributed by atoms with Gasteiger partial charge < -0.3 is 20.9 Å². The Balaban J connectivity index is 1.65. The number of nitrogens with zero attached hydrogens (tertiary/aromatic N) is 1. The minimum absolute atomic E-state index is 0.00872. The van der Waals surface area contributed by atoms with E-state index in [1.165, 1.54) is 13.2 Å². The number of allylic oxidation sites excluding steroid dienone is 1. The van der Waals surface area contributed by atoms with Crippen molar-refractivity contribution in [3.63, 3.8) is 0 Å². The quantitative estimate of drug-likeness (QED) is 0.107. The van der Waals surface area contributed by atoms with Crippen molar-refractivity contribution in [1.82, 2.24) is 10.3 Å². The minimum atomic E-state index is -0.241. The molecule has 0 aliphatic rings. The molecule has 1 aromatic heterocycles. The Bertz CT molecular complexity index is 1320. The molecule has 7 nitrogen and oxygen atoms in total. The Hall–Kier alpha value is -3.97. The molecule has 0 fully saturated rings. The van der Waals surface area contributed by atoms with Crippen LogP contribution in [0.3, 0.4) is 0 Å². The molecule has 0 radical (unpaired) electrons. The fraction of sp³-hybridized carbons (Fsp3) is 0.382. The summed E-state index contributed by atoms with van der Waals surface area (Å²) in [6.45, 7) is 3.22. The van der Waals surface area contributed by atoms with E-state index in [1.807, 2.05) is 43.4 Å². The third-order valence-corrected chi connectivity index (χ3v) is 7.16. The molecule has 2 aromatic carbocycles. The fourth-order valence-electron chi connectivity index (χ4n) is 4.91. The summed E-state index contributed by atoms with van der Waals surface area (Å²) in [5, 5.41) is 13.6. The van der Waals surface area contributed by atoms with E-state index >= 15 is 0 Å². The van der Waals surface area contributed by atoms with Crippen LogP contribution in [0.2, 0.25) is 0 Å². The number of phenols is 1. The van der Waals surface area contributed by atoms with Crippen molar-refractivity contribution in [2.45, 2.75) is 58.3 Å². The maximum Gasteiger partial charge on any atom is 0.163 e. The van der Waals surface area contributed by atoms with E-state index in [1.54, 1.807) is 24.4 Å². The number of carbonyl (C=O) groups is 2. The molecule has 1 atom stereocenters. The fourth-order valence-corrected chi connectivity index (χ4v) is 4.91. The molecule has 41 heavy (non-hydrogen) atoms. The molecule has 0 amide bonds. The van der Waals surface area contributed by atoms with Gasteiger partial charge in [-0.2, -0.15) is 0 Å². The molecule has 3 rings (SSSR count). The van der Waals surface area contributed by atoms with Crippen LogP contribution in [0, 0.1) is 5.92 Å². The number of phenolic OH excluding ortho intramolecular Hbond substituents is 1. The van der Waals surface area contributed by atoms with Crippen LogP contribution in [-0.4, -0.2) is 42.4 Å². The van der Waals surface area contributed by atoms with Gasteiger partial charge in [-0.25, -0.2) is 4.98 Å². The number of pyridine rings is 1. The van der Waals surface area contributed by atoms with Crippen molar-refractivity contribution in [1.29, 1.82) is 0 Å². The summed E-state index contributed by atoms with van der Waals surface area (Å²) in [6, 6.07) is 15.4. The molecule has 1 heterocycles. The second kappa shape index (κ2) is 16.3. The largest absolute Gasteiger partial charge is 0.504 e. The van der Waals surface area contributed by atoms with Gasteiger partial charge in [0.25, 0.3) is 0 Å². The number of nitrogens with two attached hydrogens (primary N) is 1. The predicted octanol–water partition coefficient (Wildman–Crippen LogP) is 5.91. The number of benzene rings is 2. The molecule has 0 aliphatic heterocycles. The van der Waals surface area contributed by atoms with Crippen molar-refractivity contribution in [2.75, 3.05) is 26.4 Å². The molecular formula is C34H43N3O4. The number of carbonyl (C=O) groups excluding carboxylic acids is 2. The zero-order valence-corrected chi connectivity index (χ0v) is 24.5. The van der Waals surface area contributed by atoms with Crippen molar-refractivity contribution in [3.05, 3.63) is 88.6 Å². The lowest BCUT2D eigenvalue weighted by Crippen LogP contribution is -2.15. The van der Waals surface area contributed by atoms with Crippen LogP contribution in [-0.2, 0) is 22.4 Å². The molecule has 3 aromatic rings. The third-order valence-electron chi connectivity index (χ3n) is 7.16. The summed E-state index contributed by atoms with van der Waals surface area (Å²) in [5.74, 6) is 1.14. The lowest BCUT2D eigenvalue weighted by molar-refractivity contribution is -0.124. The van der Waals surface area contributed by atoms with Gasteiger partial charge in [-0.15, -0.1) is 0 Å². The molecule has 7 heteroatoms. The Labute approximate surface area is 243 Å². The van der Waals surface area contributed by atoms with Crippen LogP contribution in [0.1, 0.15) is 73.3 Å². The highest BCUT2D eigenvalue weighted by Crippen LogP contribution is 2.32. The molecule has 0 spiro atoms. The van der Waals surface area contributed by atoms with Gasteiger partial charge in [0.1, 0.15) is 11.6 Å². The van der Waals surface area contributed by atoms with Crippen LogP contribution in [0.25, 0.3) is 6.08 Å². The van der Waals surface area contributed by atoms with E-state index in [4.69, 9.17) is 10.5 Å². The second-order valence-electron chi connectivity index (χ2n) is 10.7. The van der Waals surface area contributed by atoms with Crippen molar-refractivity contribution in [2.24, 2.45) is 5.92 Å². The average Bonchev–Trinajstić information content (AvgIpc) is 2.95. The number of anilines is 1. The minimum Gasteiger partial charge on any atom is -0.504 e. The van der Waals surface area contributed by atoms with Gasteiger partial charge in [-0.1, -0.05) is 56.2 Å². The van der Waals surface area contributed by atoms with E-state index in [-0.39, 0.29) is 23.7 Å². The first-order valence-corrected chi connectivity index (χ1v) is 14.3. The summed E-state index contributed by atoms with van der Waals surface area (Å²) in [7, 11) is 3.44. The molecule has 4 N–H and O–H groups in total. The van der Waals surface area contributed by atoms with Crippen molar-refractivity contribution < 1.29 is 19.4 Å². The van der Waals surface area contributed by atoms with E-state index in [9.17, 15) is 14.7 Å². The van der Waals surface area contributed by atoms with Gasteiger partial charge in [0.2, 0.25) is 0 Å². The molecule has 0 saturated carbocycles. The topological polar surface area (TPSA) is 115 Å². The van der Waals surface area contributed by atoms with Gasteiger partial charge in [0.05, 0.1) is 13.5 Å². The Morgan fingerprint density at radius 2 is 1.80 bits per heavy atom. The first-order chi connectivity index (χ1) is 19.8. The molecule has 1 unspecified atom stereocenters. The van der Waals surface area contributed by atoms with Crippen LogP contribution in [0.4, 0.5) is 5.82 Å². The number of methoxy groups -OCH3 is 1. The maximum absolute atomic E-state index is 12.6. The molecule has 0 bridgehead atoms. The van der Waals surface area contributed by atoms with Crippen LogP contribution < -0.4 is 15.8 Å². The van der Waals surface area contributed by atoms with Crippen LogP contribution in [0.5, 0.6) is 11.5 Å². The summed E-state index contributed by atoms with van der Waals surface area (Å²) < 4.78 is 5.30. The lowest BCUT2D eigenvalue weighted by Gasteiger charge is -2.13. The molecule has 218 valence electrons. The predicted molar refractivity (Wildman–Crippen MR) is 165 cm³/mol. The smallest absolute Gasteiger partial charge is 0.163 e. The SMILES string of the molecule is CNCC(C)CCCCCC(=O)CC(=O)C=Cc1cc(OC)c(O)cc1Cc1cnc(N)c(Cc2ccccc2)c1. The maximum atomic E-state index is 12.6. The van der Waals surface area contributed by atoms with Crippen molar-refractivity contribution in [3.8, 4) is 11.5 Å². The summed E-state index contributed by atoms with van der Waals surface area (Å²) >= 11 is 0. The number of hydrogen-bond acceptors (Lipinski definition) is 7. The number of unbranched alkanes of at least 4 members (excludes halogenated alkanes) is 2. The first-order valence-electron chi connectivity index (χ1n) is 14.3. The van der Waals surface area contributed by atoms with Crippen LogP contribution >= 0.6 is 0 Å². The highest BCUT2D eigenvalue weighted by atomic mass is 16.5. The average molecular weight is 558 g/mol. The third kappa shape index (κ3) is 10.5. The summed E-state index contributed by atoms with van der Waals surface area (Å²) in [4.78, 5) is 29.4. The second-order valence-corrected chi connectivity index (χ2v) is 10.7. The number of aromatic hydroxyl groups is 1. The molecular weight excluding hydrogens is 514 g/mol. The number of hydrogen-bond donors (Lipinski definition) is 3. The monoisotopic (exact) mass is 557 g/mol. The molecule has 0 saturated heterocycles. The van der Waals surface area contributed by atoms with Crippen molar-refractivity contribution >= 4 is 23.5 Å². The molecule has 0 aliphatic carbocycles. The van der Waals surface area contributed by atoms with Gasteiger partial charge >= 0.3 is 0 Å². The van der Waals surface area contributed by atoms with Crippen LogP contribution in [0.15, 0.2) is 60.8 Å². The number of ether oxygens (including phenoxy) is 1.